The lowest BCUT2D eigenvalue weighted by molar-refractivity contribution is -0.144. The first-order chi connectivity index (χ1) is 14.8. The summed E-state index contributed by atoms with van der Waals surface area (Å²) in [6.45, 7) is 1.08. The normalized spacial score (nSPS) is 23.3. The summed E-state index contributed by atoms with van der Waals surface area (Å²) in [5.74, 6) is 1.17. The van der Waals surface area contributed by atoms with E-state index in [1.165, 1.54) is 0 Å². The summed E-state index contributed by atoms with van der Waals surface area (Å²) < 4.78 is 12.2. The SMILES string of the molecule is O=C1CC[C@@H](c2cccc(OCc3ccccc3)c2)[C@@H]2OC[C@H](c3ccccc3)N12. The van der Waals surface area contributed by atoms with E-state index in [2.05, 4.69) is 36.4 Å². The van der Waals surface area contributed by atoms with Gasteiger partial charge in [0.2, 0.25) is 5.91 Å². The Morgan fingerprint density at radius 2 is 1.63 bits per heavy atom. The molecule has 5 rings (SSSR count). The fourth-order valence-corrected chi connectivity index (χ4v) is 4.54. The summed E-state index contributed by atoms with van der Waals surface area (Å²) in [7, 11) is 0. The van der Waals surface area contributed by atoms with Crippen molar-refractivity contribution in [2.45, 2.75) is 37.6 Å². The molecule has 1 amide bonds. The molecule has 2 fully saturated rings. The Bertz CT molecular complexity index is 1010. The van der Waals surface area contributed by atoms with Crippen LogP contribution < -0.4 is 4.74 Å². The largest absolute Gasteiger partial charge is 0.489 e. The summed E-state index contributed by atoms with van der Waals surface area (Å²) >= 11 is 0. The van der Waals surface area contributed by atoms with Gasteiger partial charge in [-0.15, -0.1) is 0 Å². The highest BCUT2D eigenvalue weighted by Crippen LogP contribution is 2.43. The predicted molar refractivity (Wildman–Crippen MR) is 115 cm³/mol. The van der Waals surface area contributed by atoms with Crippen molar-refractivity contribution in [3.63, 3.8) is 0 Å². The zero-order chi connectivity index (χ0) is 20.3. The maximum absolute atomic E-state index is 12.8. The van der Waals surface area contributed by atoms with E-state index in [1.54, 1.807) is 0 Å². The molecule has 3 aromatic carbocycles. The molecule has 152 valence electrons. The first-order valence-electron chi connectivity index (χ1n) is 10.5. The van der Waals surface area contributed by atoms with Crippen molar-refractivity contribution in [3.8, 4) is 5.75 Å². The molecule has 4 heteroatoms. The third kappa shape index (κ3) is 3.71. The van der Waals surface area contributed by atoms with Gasteiger partial charge >= 0.3 is 0 Å². The molecule has 0 unspecified atom stereocenters. The van der Waals surface area contributed by atoms with E-state index in [-0.39, 0.29) is 24.1 Å². The Morgan fingerprint density at radius 1 is 0.900 bits per heavy atom. The van der Waals surface area contributed by atoms with Crippen LogP contribution in [0, 0.1) is 0 Å². The van der Waals surface area contributed by atoms with Crippen LogP contribution in [0.1, 0.15) is 41.5 Å². The number of benzene rings is 3. The monoisotopic (exact) mass is 399 g/mol. The fourth-order valence-electron chi connectivity index (χ4n) is 4.54. The van der Waals surface area contributed by atoms with Crippen LogP contribution in [0.3, 0.4) is 0 Å². The molecular weight excluding hydrogens is 374 g/mol. The molecule has 2 saturated heterocycles. The molecule has 0 bridgehead atoms. The van der Waals surface area contributed by atoms with Crippen molar-refractivity contribution in [1.82, 2.24) is 4.90 Å². The minimum Gasteiger partial charge on any atom is -0.489 e. The number of hydrogen-bond acceptors (Lipinski definition) is 3. The number of fused-ring (bicyclic) bond motifs is 1. The predicted octanol–water partition coefficient (Wildman–Crippen LogP) is 5.07. The second-order valence-corrected chi connectivity index (χ2v) is 7.94. The van der Waals surface area contributed by atoms with Gasteiger partial charge in [-0.25, -0.2) is 0 Å². The first-order valence-corrected chi connectivity index (χ1v) is 10.5. The van der Waals surface area contributed by atoms with E-state index in [1.807, 2.05) is 53.4 Å². The molecular formula is C26H25NO3. The molecule has 0 N–H and O–H groups in total. The van der Waals surface area contributed by atoms with E-state index in [9.17, 15) is 4.79 Å². The second kappa shape index (κ2) is 8.33. The lowest BCUT2D eigenvalue weighted by atomic mass is 9.87. The molecule has 3 atom stereocenters. The molecule has 0 radical (unpaired) electrons. The molecule has 4 nitrogen and oxygen atoms in total. The number of carbonyl (C=O) groups excluding carboxylic acids is 1. The molecule has 0 aliphatic carbocycles. The van der Waals surface area contributed by atoms with Crippen molar-refractivity contribution in [1.29, 1.82) is 0 Å². The van der Waals surface area contributed by atoms with Crippen LogP contribution in [0.15, 0.2) is 84.9 Å². The summed E-state index contributed by atoms with van der Waals surface area (Å²) in [4.78, 5) is 14.7. The van der Waals surface area contributed by atoms with Crippen molar-refractivity contribution in [2.24, 2.45) is 0 Å². The zero-order valence-corrected chi connectivity index (χ0v) is 16.8. The highest BCUT2D eigenvalue weighted by atomic mass is 16.5. The Morgan fingerprint density at radius 3 is 2.43 bits per heavy atom. The summed E-state index contributed by atoms with van der Waals surface area (Å²) in [6.07, 6.45) is 1.12. The second-order valence-electron chi connectivity index (χ2n) is 7.94. The molecule has 0 aromatic heterocycles. The Labute approximate surface area is 177 Å². The average Bonchev–Trinajstić information content (AvgIpc) is 3.26. The third-order valence-electron chi connectivity index (χ3n) is 6.06. The van der Waals surface area contributed by atoms with Crippen LogP contribution in [0.25, 0.3) is 0 Å². The van der Waals surface area contributed by atoms with Gasteiger partial charge in [-0.05, 0) is 35.2 Å². The minimum absolute atomic E-state index is 0.0102. The Balaban J connectivity index is 1.35. The fraction of sp³-hybridized carbons (Fsp3) is 0.269. The number of rotatable bonds is 5. The highest BCUT2D eigenvalue weighted by molar-refractivity contribution is 5.78. The molecule has 2 aliphatic heterocycles. The smallest absolute Gasteiger partial charge is 0.225 e. The molecule has 3 aromatic rings. The van der Waals surface area contributed by atoms with Crippen molar-refractivity contribution in [2.75, 3.05) is 6.61 Å². The average molecular weight is 399 g/mol. The van der Waals surface area contributed by atoms with E-state index in [4.69, 9.17) is 9.47 Å². The number of carbonyl (C=O) groups is 1. The number of ether oxygens (including phenoxy) is 2. The van der Waals surface area contributed by atoms with Gasteiger partial charge in [-0.3, -0.25) is 4.79 Å². The van der Waals surface area contributed by atoms with Crippen molar-refractivity contribution >= 4 is 5.91 Å². The number of nitrogens with zero attached hydrogens (tertiary/aromatic N) is 1. The Kier molecular flexibility index (Phi) is 5.24. The number of hydrogen-bond donors (Lipinski definition) is 0. The van der Waals surface area contributed by atoms with Crippen LogP contribution in [0.2, 0.25) is 0 Å². The topological polar surface area (TPSA) is 38.8 Å². The van der Waals surface area contributed by atoms with Gasteiger partial charge in [-0.2, -0.15) is 0 Å². The van der Waals surface area contributed by atoms with Gasteiger partial charge in [0.15, 0.2) is 0 Å². The van der Waals surface area contributed by atoms with Gasteiger partial charge in [-0.1, -0.05) is 72.8 Å². The zero-order valence-electron chi connectivity index (χ0n) is 16.8. The van der Waals surface area contributed by atoms with Gasteiger partial charge in [0.25, 0.3) is 0 Å². The van der Waals surface area contributed by atoms with Crippen LogP contribution in [-0.2, 0) is 16.1 Å². The standard InChI is InChI=1S/C26H25NO3/c28-25-15-14-23(26-27(25)24(18-30-26)20-10-5-2-6-11-20)21-12-7-13-22(16-21)29-17-19-8-3-1-4-9-19/h1-13,16,23-24,26H,14-15,17-18H2/t23-,24+,26-/m0/s1. The molecule has 0 spiro atoms. The van der Waals surface area contributed by atoms with Gasteiger partial charge in [0, 0.05) is 12.3 Å². The molecule has 0 saturated carbocycles. The highest BCUT2D eigenvalue weighted by Gasteiger charge is 2.46. The van der Waals surface area contributed by atoms with Gasteiger partial charge < -0.3 is 14.4 Å². The third-order valence-corrected chi connectivity index (χ3v) is 6.06. The molecule has 2 heterocycles. The number of amides is 1. The van der Waals surface area contributed by atoms with E-state index in [0.29, 0.717) is 19.6 Å². The maximum atomic E-state index is 12.8. The molecule has 2 aliphatic rings. The maximum Gasteiger partial charge on any atom is 0.225 e. The lowest BCUT2D eigenvalue weighted by Gasteiger charge is -2.38. The van der Waals surface area contributed by atoms with Crippen LogP contribution in [0.5, 0.6) is 5.75 Å². The van der Waals surface area contributed by atoms with Crippen molar-refractivity contribution < 1.29 is 14.3 Å². The number of piperidine rings is 1. The van der Waals surface area contributed by atoms with Crippen LogP contribution in [-0.4, -0.2) is 23.6 Å². The molecule has 30 heavy (non-hydrogen) atoms. The van der Waals surface area contributed by atoms with Gasteiger partial charge in [0.05, 0.1) is 12.6 Å². The summed E-state index contributed by atoms with van der Waals surface area (Å²) in [5.41, 5.74) is 3.44. The quantitative estimate of drug-likeness (QED) is 0.601. The van der Waals surface area contributed by atoms with E-state index < -0.39 is 0 Å². The lowest BCUT2D eigenvalue weighted by Crippen LogP contribution is -2.45. The van der Waals surface area contributed by atoms with E-state index in [0.717, 1.165) is 28.9 Å². The van der Waals surface area contributed by atoms with Crippen molar-refractivity contribution in [3.05, 3.63) is 102 Å². The van der Waals surface area contributed by atoms with Gasteiger partial charge in [0.1, 0.15) is 18.6 Å². The van der Waals surface area contributed by atoms with E-state index >= 15 is 0 Å². The Hall–Kier alpha value is -3.11. The summed E-state index contributed by atoms with van der Waals surface area (Å²) in [5, 5.41) is 0. The van der Waals surface area contributed by atoms with Crippen LogP contribution >= 0.6 is 0 Å². The summed E-state index contributed by atoms with van der Waals surface area (Å²) in [6, 6.07) is 28.6. The first kappa shape index (κ1) is 18.9. The minimum atomic E-state index is -0.221. The van der Waals surface area contributed by atoms with Crippen LogP contribution in [0.4, 0.5) is 0 Å².